The van der Waals surface area contributed by atoms with Gasteiger partial charge in [-0.1, -0.05) is 78.3 Å². The van der Waals surface area contributed by atoms with Crippen LogP contribution in [0.2, 0.25) is 5.02 Å². The van der Waals surface area contributed by atoms with Gasteiger partial charge in [-0.3, -0.25) is 9.59 Å². The number of nitrogens with zero attached hydrogens (tertiary/aromatic N) is 1. The number of amides is 2. The minimum atomic E-state index is -0.770. The molecule has 1 atom stereocenters. The molecule has 4 nitrogen and oxygen atoms in total. The van der Waals surface area contributed by atoms with Crippen LogP contribution in [-0.4, -0.2) is 29.3 Å². The predicted octanol–water partition coefficient (Wildman–Crippen LogP) is 4.80. The summed E-state index contributed by atoms with van der Waals surface area (Å²) in [5.74, 6) is -1.05. The van der Waals surface area contributed by atoms with Gasteiger partial charge in [0.2, 0.25) is 11.8 Å². The van der Waals surface area contributed by atoms with Crippen molar-refractivity contribution in [1.82, 2.24) is 10.2 Å². The SMILES string of the molecule is CCNC(=O)C(Cc1ccccc1)N(Cc1ccccc1Cl)C(=O)Cc1ccccc1F. The van der Waals surface area contributed by atoms with E-state index in [4.69, 9.17) is 11.6 Å². The summed E-state index contributed by atoms with van der Waals surface area (Å²) in [5, 5.41) is 3.34. The molecule has 0 fully saturated rings. The Kier molecular flexibility index (Phi) is 8.40. The van der Waals surface area contributed by atoms with Crippen molar-refractivity contribution in [2.45, 2.75) is 32.4 Å². The molecule has 0 saturated heterocycles. The summed E-state index contributed by atoms with van der Waals surface area (Å²) in [7, 11) is 0. The molecule has 3 aromatic rings. The Morgan fingerprint density at radius 1 is 0.938 bits per heavy atom. The van der Waals surface area contributed by atoms with Gasteiger partial charge >= 0.3 is 0 Å². The highest BCUT2D eigenvalue weighted by molar-refractivity contribution is 6.31. The molecular weight excluding hydrogens is 427 g/mol. The summed E-state index contributed by atoms with van der Waals surface area (Å²) < 4.78 is 14.3. The van der Waals surface area contributed by atoms with E-state index in [1.54, 1.807) is 24.3 Å². The van der Waals surface area contributed by atoms with Crippen LogP contribution in [0.4, 0.5) is 4.39 Å². The van der Waals surface area contributed by atoms with Gasteiger partial charge in [0.05, 0.1) is 6.42 Å². The van der Waals surface area contributed by atoms with Crippen LogP contribution in [0.5, 0.6) is 0 Å². The van der Waals surface area contributed by atoms with Crippen molar-refractivity contribution in [3.8, 4) is 0 Å². The number of carbonyl (C=O) groups is 2. The predicted molar refractivity (Wildman–Crippen MR) is 125 cm³/mol. The molecule has 1 unspecified atom stereocenters. The number of benzene rings is 3. The number of hydrogen-bond acceptors (Lipinski definition) is 2. The first kappa shape index (κ1) is 23.5. The second-order valence-corrected chi connectivity index (χ2v) is 7.89. The zero-order valence-corrected chi connectivity index (χ0v) is 18.7. The molecule has 0 spiro atoms. The third-order valence-corrected chi connectivity index (χ3v) is 5.59. The van der Waals surface area contributed by atoms with Crippen LogP contribution in [0.1, 0.15) is 23.6 Å². The smallest absolute Gasteiger partial charge is 0.243 e. The average Bonchev–Trinajstić information content (AvgIpc) is 2.79. The van der Waals surface area contributed by atoms with Crippen LogP contribution in [0.25, 0.3) is 0 Å². The highest BCUT2D eigenvalue weighted by Gasteiger charge is 2.30. The summed E-state index contributed by atoms with van der Waals surface area (Å²) in [6, 6.07) is 22.1. The lowest BCUT2D eigenvalue weighted by Gasteiger charge is -2.32. The summed E-state index contributed by atoms with van der Waals surface area (Å²) in [6.07, 6.45) is 0.182. The molecule has 32 heavy (non-hydrogen) atoms. The zero-order chi connectivity index (χ0) is 22.9. The molecule has 2 amide bonds. The normalized spacial score (nSPS) is 11.6. The largest absolute Gasteiger partial charge is 0.355 e. The van der Waals surface area contributed by atoms with Gasteiger partial charge < -0.3 is 10.2 Å². The van der Waals surface area contributed by atoms with E-state index >= 15 is 0 Å². The number of halogens is 2. The highest BCUT2D eigenvalue weighted by atomic mass is 35.5. The second kappa shape index (κ2) is 11.4. The Morgan fingerprint density at radius 3 is 2.22 bits per heavy atom. The lowest BCUT2D eigenvalue weighted by atomic mass is 10.0. The van der Waals surface area contributed by atoms with Gasteiger partial charge in [-0.05, 0) is 35.7 Å². The van der Waals surface area contributed by atoms with E-state index < -0.39 is 11.9 Å². The molecule has 3 rings (SSSR count). The van der Waals surface area contributed by atoms with Gasteiger partial charge in [0.25, 0.3) is 0 Å². The first-order chi connectivity index (χ1) is 15.5. The van der Waals surface area contributed by atoms with Gasteiger partial charge in [-0.2, -0.15) is 0 Å². The van der Waals surface area contributed by atoms with Gasteiger partial charge in [-0.15, -0.1) is 0 Å². The molecule has 0 aromatic heterocycles. The average molecular weight is 453 g/mol. The van der Waals surface area contributed by atoms with Crippen LogP contribution in [0, 0.1) is 5.82 Å². The molecule has 0 aliphatic rings. The molecular formula is C26H26ClFN2O2. The molecule has 0 saturated carbocycles. The van der Waals surface area contributed by atoms with Gasteiger partial charge in [-0.25, -0.2) is 4.39 Å². The first-order valence-corrected chi connectivity index (χ1v) is 10.9. The van der Waals surface area contributed by atoms with E-state index in [0.29, 0.717) is 18.0 Å². The third kappa shape index (κ3) is 6.17. The van der Waals surface area contributed by atoms with Crippen LogP contribution >= 0.6 is 11.6 Å². The zero-order valence-electron chi connectivity index (χ0n) is 17.9. The van der Waals surface area contributed by atoms with Gasteiger partial charge in [0, 0.05) is 24.5 Å². The topological polar surface area (TPSA) is 49.4 Å². The number of nitrogens with one attached hydrogen (secondary N) is 1. The second-order valence-electron chi connectivity index (χ2n) is 7.48. The van der Waals surface area contributed by atoms with Crippen LogP contribution in [0.3, 0.4) is 0 Å². The molecule has 1 N–H and O–H groups in total. The summed E-state index contributed by atoms with van der Waals surface area (Å²) in [5.41, 5.74) is 1.93. The fraction of sp³-hybridized carbons (Fsp3) is 0.231. The fourth-order valence-corrected chi connectivity index (χ4v) is 3.76. The summed E-state index contributed by atoms with van der Waals surface area (Å²) in [6.45, 7) is 2.41. The third-order valence-electron chi connectivity index (χ3n) is 5.22. The molecule has 6 heteroatoms. The molecule has 3 aromatic carbocycles. The quantitative estimate of drug-likeness (QED) is 0.507. The van der Waals surface area contributed by atoms with Crippen molar-refractivity contribution in [3.05, 3.63) is 106 Å². The van der Waals surface area contributed by atoms with Crippen molar-refractivity contribution in [2.75, 3.05) is 6.54 Å². The Morgan fingerprint density at radius 2 is 1.56 bits per heavy atom. The Labute approximate surface area is 193 Å². The standard InChI is InChI=1S/C26H26ClFN2O2/c1-2-29-26(32)24(16-19-10-4-3-5-11-19)30(18-21-13-6-8-14-22(21)27)25(31)17-20-12-7-9-15-23(20)28/h3-15,24H,2,16-18H2,1H3,(H,29,32). The van der Waals surface area contributed by atoms with Gasteiger partial charge in [0.1, 0.15) is 11.9 Å². The Bertz CT molecular complexity index is 1060. The number of hydrogen-bond donors (Lipinski definition) is 1. The van der Waals surface area contributed by atoms with Crippen molar-refractivity contribution in [3.63, 3.8) is 0 Å². The first-order valence-electron chi connectivity index (χ1n) is 10.6. The summed E-state index contributed by atoms with van der Waals surface area (Å²) >= 11 is 6.37. The maximum atomic E-state index is 14.3. The highest BCUT2D eigenvalue weighted by Crippen LogP contribution is 2.21. The Balaban J connectivity index is 1.98. The van der Waals surface area contributed by atoms with Crippen LogP contribution in [-0.2, 0) is 29.0 Å². The maximum absolute atomic E-state index is 14.3. The van der Waals surface area contributed by atoms with Crippen LogP contribution in [0.15, 0.2) is 78.9 Å². The molecule has 0 bridgehead atoms. The van der Waals surface area contributed by atoms with Crippen molar-refractivity contribution < 1.29 is 14.0 Å². The monoisotopic (exact) mass is 452 g/mol. The van der Waals surface area contributed by atoms with Crippen LogP contribution < -0.4 is 5.32 Å². The van der Waals surface area contributed by atoms with E-state index in [0.717, 1.165) is 11.1 Å². The fourth-order valence-electron chi connectivity index (χ4n) is 3.56. The van der Waals surface area contributed by atoms with E-state index in [9.17, 15) is 14.0 Å². The van der Waals surface area contributed by atoms with E-state index in [-0.39, 0.29) is 30.3 Å². The van der Waals surface area contributed by atoms with E-state index in [2.05, 4.69) is 5.32 Å². The minimum absolute atomic E-state index is 0.140. The maximum Gasteiger partial charge on any atom is 0.243 e. The molecule has 0 aliphatic heterocycles. The van der Waals surface area contributed by atoms with Gasteiger partial charge in [0.15, 0.2) is 0 Å². The number of rotatable bonds is 9. The molecule has 0 radical (unpaired) electrons. The van der Waals surface area contributed by atoms with E-state index in [1.807, 2.05) is 55.5 Å². The lowest BCUT2D eigenvalue weighted by Crippen LogP contribution is -2.51. The van der Waals surface area contributed by atoms with Crippen molar-refractivity contribution >= 4 is 23.4 Å². The number of carbonyl (C=O) groups excluding carboxylic acids is 2. The Hall–Kier alpha value is -3.18. The lowest BCUT2D eigenvalue weighted by molar-refractivity contribution is -0.140. The molecule has 166 valence electrons. The van der Waals surface area contributed by atoms with Crippen molar-refractivity contribution in [1.29, 1.82) is 0 Å². The van der Waals surface area contributed by atoms with E-state index in [1.165, 1.54) is 11.0 Å². The summed E-state index contributed by atoms with van der Waals surface area (Å²) in [4.78, 5) is 28.0. The minimum Gasteiger partial charge on any atom is -0.355 e. The number of likely N-dealkylation sites (N-methyl/N-ethyl adjacent to an activating group) is 1. The van der Waals surface area contributed by atoms with Crippen molar-refractivity contribution in [2.24, 2.45) is 0 Å². The molecule has 0 heterocycles. The molecule has 0 aliphatic carbocycles.